The van der Waals surface area contributed by atoms with Crippen molar-refractivity contribution in [1.29, 1.82) is 0 Å². The maximum atomic E-state index is 9.10. The number of methoxy groups -OCH3 is 1. The minimum Gasteiger partial charge on any atom is -0.496 e. The maximum absolute atomic E-state index is 9.10. The predicted octanol–water partition coefficient (Wildman–Crippen LogP) is 0.342. The first-order valence-electron chi connectivity index (χ1n) is 7.18. The Hall–Kier alpha value is -2.98. The Balaban J connectivity index is 0.000000326. The lowest BCUT2D eigenvalue weighted by atomic mass is 10.0. The smallest absolute Gasteiger partial charge is 0.414 e. The highest BCUT2D eigenvalue weighted by atomic mass is 16.7. The summed E-state index contributed by atoms with van der Waals surface area (Å²) in [5.41, 5.74) is 0.866. The number of carbonyl (C=O) groups is 2. The minimum absolute atomic E-state index is 0.438. The monoisotopic (exact) mass is 351 g/mol. The first-order valence-corrected chi connectivity index (χ1v) is 7.18. The van der Waals surface area contributed by atoms with E-state index in [9.17, 15) is 0 Å². The Morgan fingerprint density at radius 3 is 2.40 bits per heavy atom. The number of ether oxygens (including phenoxy) is 3. The molecule has 1 aromatic carbocycles. The summed E-state index contributed by atoms with van der Waals surface area (Å²) in [6.45, 7) is 1.53. The Kier molecular flexibility index (Phi) is 6.03. The van der Waals surface area contributed by atoms with Crippen LogP contribution in [-0.2, 0) is 31.4 Å². The maximum Gasteiger partial charge on any atom is 0.414 e. The summed E-state index contributed by atoms with van der Waals surface area (Å²) in [5.74, 6) is -3.77. The number of carboxylic acid groups (broad SMARTS) is 2. The summed E-state index contributed by atoms with van der Waals surface area (Å²) in [4.78, 5) is 22.1. The largest absolute Gasteiger partial charge is 0.496 e. The number of hydrogen-bond acceptors (Lipinski definition) is 7. The quantitative estimate of drug-likeness (QED) is 0.748. The van der Waals surface area contributed by atoms with E-state index in [-0.39, 0.29) is 0 Å². The van der Waals surface area contributed by atoms with Crippen molar-refractivity contribution in [2.75, 3.05) is 20.3 Å². The fourth-order valence-electron chi connectivity index (χ4n) is 2.27. The number of carboxylic acids is 2. The predicted molar refractivity (Wildman–Crippen MR) is 81.9 cm³/mol. The van der Waals surface area contributed by atoms with Gasteiger partial charge in [0.25, 0.3) is 0 Å². The molecular formula is C15H17N3O7. The molecule has 3 rings (SSSR count). The fraction of sp³-hybridized carbons (Fsp3) is 0.333. The lowest BCUT2D eigenvalue weighted by Crippen LogP contribution is -2.33. The van der Waals surface area contributed by atoms with Crippen LogP contribution in [0.25, 0.3) is 0 Å². The Bertz CT molecular complexity index is 700. The minimum atomic E-state index is -1.82. The number of hydrogen-bond donors (Lipinski definition) is 2. The van der Waals surface area contributed by atoms with Crippen LogP contribution < -0.4 is 4.74 Å². The molecule has 0 saturated carbocycles. The second kappa shape index (κ2) is 8.22. The van der Waals surface area contributed by atoms with Gasteiger partial charge in [-0.05, 0) is 12.1 Å². The van der Waals surface area contributed by atoms with E-state index in [0.717, 1.165) is 11.3 Å². The Morgan fingerprint density at radius 1 is 1.24 bits per heavy atom. The van der Waals surface area contributed by atoms with Crippen LogP contribution in [0.15, 0.2) is 36.9 Å². The van der Waals surface area contributed by atoms with Crippen LogP contribution in [-0.4, -0.2) is 57.2 Å². The highest BCUT2D eigenvalue weighted by Gasteiger charge is 2.41. The summed E-state index contributed by atoms with van der Waals surface area (Å²) >= 11 is 0. The van der Waals surface area contributed by atoms with E-state index in [1.165, 1.54) is 6.33 Å². The van der Waals surface area contributed by atoms with Crippen molar-refractivity contribution in [2.45, 2.75) is 12.3 Å². The number of benzene rings is 1. The zero-order valence-electron chi connectivity index (χ0n) is 13.4. The summed E-state index contributed by atoms with van der Waals surface area (Å²) in [5, 5.41) is 18.9. The molecular weight excluding hydrogens is 334 g/mol. The van der Waals surface area contributed by atoms with Crippen LogP contribution >= 0.6 is 0 Å². The molecule has 1 saturated heterocycles. The van der Waals surface area contributed by atoms with Crippen LogP contribution in [0.3, 0.4) is 0 Å². The third-order valence-electron chi connectivity index (χ3n) is 3.29. The molecule has 1 aliphatic heterocycles. The van der Waals surface area contributed by atoms with E-state index in [0.29, 0.717) is 19.8 Å². The van der Waals surface area contributed by atoms with Gasteiger partial charge in [0.05, 0.1) is 25.9 Å². The van der Waals surface area contributed by atoms with Gasteiger partial charge in [0.15, 0.2) is 0 Å². The zero-order valence-corrected chi connectivity index (χ0v) is 13.4. The van der Waals surface area contributed by atoms with Crippen molar-refractivity contribution in [3.8, 4) is 5.75 Å². The van der Waals surface area contributed by atoms with Gasteiger partial charge < -0.3 is 24.4 Å². The summed E-state index contributed by atoms with van der Waals surface area (Å²) in [7, 11) is 1.64. The van der Waals surface area contributed by atoms with Crippen molar-refractivity contribution in [2.24, 2.45) is 0 Å². The molecule has 10 heteroatoms. The van der Waals surface area contributed by atoms with Gasteiger partial charge in [-0.25, -0.2) is 19.3 Å². The molecule has 0 radical (unpaired) electrons. The normalized spacial score (nSPS) is 15.1. The van der Waals surface area contributed by atoms with Gasteiger partial charge >= 0.3 is 11.9 Å². The van der Waals surface area contributed by atoms with E-state index in [2.05, 4.69) is 10.1 Å². The number of aromatic nitrogens is 3. The molecule has 25 heavy (non-hydrogen) atoms. The van der Waals surface area contributed by atoms with Gasteiger partial charge in [-0.3, -0.25) is 0 Å². The van der Waals surface area contributed by atoms with Gasteiger partial charge in [0.2, 0.25) is 5.79 Å². The van der Waals surface area contributed by atoms with Crippen molar-refractivity contribution < 1.29 is 34.0 Å². The van der Waals surface area contributed by atoms with Gasteiger partial charge in [-0.1, -0.05) is 12.1 Å². The highest BCUT2D eigenvalue weighted by Crippen LogP contribution is 2.38. The lowest BCUT2D eigenvalue weighted by molar-refractivity contribution is -0.178. The molecule has 2 aromatic rings. The molecule has 0 spiro atoms. The van der Waals surface area contributed by atoms with Gasteiger partial charge in [-0.2, -0.15) is 5.10 Å². The van der Waals surface area contributed by atoms with Crippen molar-refractivity contribution in [3.63, 3.8) is 0 Å². The SMILES string of the molecule is COc1ccccc1C1(Cn2cncn2)OCCO1.O=C(O)C(=O)O. The average Bonchev–Trinajstić information content (AvgIpc) is 3.28. The first kappa shape index (κ1) is 18.4. The summed E-state index contributed by atoms with van der Waals surface area (Å²) in [6, 6.07) is 7.69. The molecule has 10 nitrogen and oxygen atoms in total. The molecule has 134 valence electrons. The summed E-state index contributed by atoms with van der Waals surface area (Å²) < 4.78 is 18.8. The zero-order chi connectivity index (χ0) is 18.3. The Labute approximate surface area is 142 Å². The first-order chi connectivity index (χ1) is 12.0. The number of aliphatic carboxylic acids is 2. The number of nitrogens with zero attached hydrogens (tertiary/aromatic N) is 3. The van der Waals surface area contributed by atoms with Crippen molar-refractivity contribution in [1.82, 2.24) is 14.8 Å². The lowest BCUT2D eigenvalue weighted by Gasteiger charge is -2.28. The molecule has 2 heterocycles. The van der Waals surface area contributed by atoms with Crippen LogP contribution in [0, 0.1) is 0 Å². The van der Waals surface area contributed by atoms with Crippen molar-refractivity contribution in [3.05, 3.63) is 42.5 Å². The van der Waals surface area contributed by atoms with Crippen LogP contribution in [0.1, 0.15) is 5.56 Å². The van der Waals surface area contributed by atoms with Crippen molar-refractivity contribution >= 4 is 11.9 Å². The van der Waals surface area contributed by atoms with Gasteiger partial charge in [-0.15, -0.1) is 0 Å². The summed E-state index contributed by atoms with van der Waals surface area (Å²) in [6.07, 6.45) is 3.13. The van der Waals surface area contributed by atoms with E-state index >= 15 is 0 Å². The third kappa shape index (κ3) is 4.52. The molecule has 0 bridgehead atoms. The third-order valence-corrected chi connectivity index (χ3v) is 3.29. The second-order valence-electron chi connectivity index (χ2n) is 4.85. The number of rotatable bonds is 4. The topological polar surface area (TPSA) is 133 Å². The second-order valence-corrected chi connectivity index (χ2v) is 4.85. The molecule has 1 fully saturated rings. The average molecular weight is 351 g/mol. The van der Waals surface area contributed by atoms with E-state index in [1.807, 2.05) is 24.3 Å². The van der Waals surface area contributed by atoms with Crippen LogP contribution in [0.4, 0.5) is 0 Å². The van der Waals surface area contributed by atoms with Crippen LogP contribution in [0.2, 0.25) is 0 Å². The highest BCUT2D eigenvalue weighted by molar-refractivity contribution is 6.27. The van der Waals surface area contributed by atoms with Gasteiger partial charge in [0, 0.05) is 0 Å². The van der Waals surface area contributed by atoms with E-state index in [1.54, 1.807) is 18.1 Å². The fourth-order valence-corrected chi connectivity index (χ4v) is 2.27. The molecule has 2 N–H and O–H groups in total. The standard InChI is InChI=1S/C13H15N3O3.C2H2O4/c1-17-12-5-3-2-4-11(12)13(18-6-7-19-13)8-16-10-14-9-15-16;3-1(4)2(5)6/h2-5,9-10H,6-8H2,1H3;(H,3,4)(H,5,6). The Morgan fingerprint density at radius 2 is 1.88 bits per heavy atom. The van der Waals surface area contributed by atoms with Crippen LogP contribution in [0.5, 0.6) is 5.75 Å². The molecule has 0 aliphatic carbocycles. The van der Waals surface area contributed by atoms with Gasteiger partial charge in [0.1, 0.15) is 24.9 Å². The van der Waals surface area contributed by atoms with E-state index in [4.69, 9.17) is 34.0 Å². The molecule has 0 atom stereocenters. The molecule has 0 unspecified atom stereocenters. The molecule has 0 amide bonds. The molecule has 1 aromatic heterocycles. The number of para-hydroxylation sites is 1. The van der Waals surface area contributed by atoms with E-state index < -0.39 is 17.7 Å². The molecule has 1 aliphatic rings.